The molecule has 2 fully saturated rings. The number of nitrogens with two attached hydrogens (primary N) is 2. The molecule has 0 spiro atoms. The van der Waals surface area contributed by atoms with Gasteiger partial charge in [0.25, 0.3) is 0 Å². The number of carbonyl (C=O) groups is 3. The van der Waals surface area contributed by atoms with Gasteiger partial charge in [0.15, 0.2) is 5.54 Å². The van der Waals surface area contributed by atoms with Gasteiger partial charge in [-0.3, -0.25) is 9.59 Å². The first-order valence-corrected chi connectivity index (χ1v) is 9.07. The largest absolute Gasteiger partial charge is 0.479 e. The maximum Gasteiger partial charge on any atom is 0.335 e. The van der Waals surface area contributed by atoms with Gasteiger partial charge in [-0.15, -0.1) is 11.8 Å². The number of hydrogen-bond acceptors (Lipinski definition) is 5. The Hall–Kier alpha value is -2.32. The van der Waals surface area contributed by atoms with Gasteiger partial charge >= 0.3 is 5.97 Å². The Morgan fingerprint density at radius 2 is 2.04 bits per heavy atom. The first kappa shape index (κ1) is 18.5. The number of carbonyl (C=O) groups excluding carboxylic acids is 2. The molecule has 2 saturated heterocycles. The number of thioether (sulfide) groups is 1. The van der Waals surface area contributed by atoms with E-state index in [2.05, 4.69) is 0 Å². The van der Waals surface area contributed by atoms with Gasteiger partial charge in [-0.1, -0.05) is 36.4 Å². The Morgan fingerprint density at radius 3 is 2.62 bits per heavy atom. The molecule has 5 N–H and O–H groups in total. The molecular weight excluding hydrogens is 354 g/mol. The Bertz CT molecular complexity index is 822. The summed E-state index contributed by atoms with van der Waals surface area (Å²) in [5.74, 6) is -1.94. The zero-order valence-electron chi connectivity index (χ0n) is 14.5. The summed E-state index contributed by atoms with van der Waals surface area (Å²) in [6, 6.07) is 5.97. The summed E-state index contributed by atoms with van der Waals surface area (Å²) in [6.07, 6.45) is 3.36. The molecule has 0 saturated carbocycles. The minimum atomic E-state index is -1.50. The van der Waals surface area contributed by atoms with E-state index in [0.29, 0.717) is 17.5 Å². The van der Waals surface area contributed by atoms with Gasteiger partial charge < -0.3 is 21.5 Å². The molecule has 1 unspecified atom stereocenters. The fraction of sp³-hybridized carbons (Fsp3) is 0.389. The van der Waals surface area contributed by atoms with Gasteiger partial charge in [0.05, 0.1) is 16.5 Å². The van der Waals surface area contributed by atoms with Gasteiger partial charge in [0.2, 0.25) is 11.8 Å². The zero-order valence-corrected chi connectivity index (χ0v) is 15.3. The highest BCUT2D eigenvalue weighted by molar-refractivity contribution is 8.01. The fourth-order valence-electron chi connectivity index (χ4n) is 3.80. The van der Waals surface area contributed by atoms with Crippen LogP contribution >= 0.6 is 11.8 Å². The predicted octanol–water partition coefficient (Wildman–Crippen LogP) is 0.876. The van der Waals surface area contributed by atoms with Gasteiger partial charge in [0, 0.05) is 0 Å². The Labute approximate surface area is 155 Å². The van der Waals surface area contributed by atoms with Gasteiger partial charge in [-0.25, -0.2) is 4.79 Å². The molecule has 3 atom stereocenters. The molecule has 8 heteroatoms. The number of carboxylic acids is 1. The number of β-lactam (4-membered cyclic amide) rings is 1. The average molecular weight is 375 g/mol. The number of primary amides is 1. The third-order valence-electron chi connectivity index (χ3n) is 5.04. The van der Waals surface area contributed by atoms with E-state index in [9.17, 15) is 19.5 Å². The summed E-state index contributed by atoms with van der Waals surface area (Å²) in [7, 11) is 0. The lowest BCUT2D eigenvalue weighted by Crippen LogP contribution is -2.64. The highest BCUT2D eigenvalue weighted by atomic mass is 32.2. The van der Waals surface area contributed by atoms with Crippen LogP contribution in [-0.4, -0.2) is 44.0 Å². The molecule has 1 aromatic rings. The van der Waals surface area contributed by atoms with E-state index in [-0.39, 0.29) is 11.3 Å². The number of nitrogens with zero attached hydrogens (tertiary/aromatic N) is 1. The van der Waals surface area contributed by atoms with Crippen molar-refractivity contribution >= 4 is 35.6 Å². The predicted molar refractivity (Wildman–Crippen MR) is 98.9 cm³/mol. The molecule has 0 aliphatic carbocycles. The maximum absolute atomic E-state index is 12.5. The van der Waals surface area contributed by atoms with Gasteiger partial charge in [0.1, 0.15) is 6.04 Å². The van der Waals surface area contributed by atoms with Gasteiger partial charge in [-0.05, 0) is 25.0 Å². The van der Waals surface area contributed by atoms with Crippen molar-refractivity contribution < 1.29 is 19.5 Å². The van der Waals surface area contributed by atoms with Crippen LogP contribution in [0.25, 0.3) is 6.08 Å². The second-order valence-corrected chi connectivity index (χ2v) is 8.74. The average Bonchev–Trinajstić information content (AvgIpc) is 2.75. The second-order valence-electron chi connectivity index (χ2n) is 6.94. The van der Waals surface area contributed by atoms with E-state index in [1.54, 1.807) is 30.3 Å². The van der Waals surface area contributed by atoms with Crippen molar-refractivity contribution in [2.24, 2.45) is 11.5 Å². The van der Waals surface area contributed by atoms with Crippen LogP contribution in [0, 0.1) is 0 Å². The smallest absolute Gasteiger partial charge is 0.335 e. The topological polar surface area (TPSA) is 127 Å². The molecule has 0 bridgehead atoms. The number of hydrogen-bond donors (Lipinski definition) is 3. The molecule has 7 nitrogen and oxygen atoms in total. The second kappa shape index (κ2) is 6.14. The minimum absolute atomic E-state index is 0.154. The maximum atomic E-state index is 12.5. The number of aliphatic carboxylic acids is 1. The van der Waals surface area contributed by atoms with Crippen molar-refractivity contribution in [3.8, 4) is 0 Å². The van der Waals surface area contributed by atoms with Crippen LogP contribution < -0.4 is 11.5 Å². The summed E-state index contributed by atoms with van der Waals surface area (Å²) in [5.41, 5.74) is 10.4. The van der Waals surface area contributed by atoms with Crippen LogP contribution in [-0.2, 0) is 19.9 Å². The molecule has 2 aliphatic rings. The van der Waals surface area contributed by atoms with Crippen LogP contribution in [0.4, 0.5) is 0 Å². The Morgan fingerprint density at radius 1 is 1.38 bits per heavy atom. The number of carboxylic acid groups (broad SMARTS) is 1. The zero-order chi connectivity index (χ0) is 19.3. The molecular formula is C18H21N3O4S. The first-order valence-electron chi connectivity index (χ1n) is 8.19. The van der Waals surface area contributed by atoms with E-state index in [1.807, 2.05) is 13.8 Å². The van der Waals surface area contributed by atoms with Crippen LogP contribution in [0.1, 0.15) is 31.4 Å². The summed E-state index contributed by atoms with van der Waals surface area (Å²) in [6.45, 7) is 3.68. The fourth-order valence-corrected chi connectivity index (χ4v) is 5.56. The van der Waals surface area contributed by atoms with Crippen LogP contribution in [0.3, 0.4) is 0 Å². The third kappa shape index (κ3) is 2.44. The molecule has 0 aromatic heterocycles. The van der Waals surface area contributed by atoms with Gasteiger partial charge in [-0.2, -0.15) is 0 Å². The molecule has 2 amide bonds. The summed E-state index contributed by atoms with van der Waals surface area (Å²) in [5, 5.41) is 10.1. The highest BCUT2D eigenvalue weighted by Gasteiger charge is 2.70. The van der Waals surface area contributed by atoms with Crippen LogP contribution in [0.15, 0.2) is 30.3 Å². The molecule has 0 radical (unpaired) electrons. The minimum Gasteiger partial charge on any atom is -0.479 e. The highest BCUT2D eigenvalue weighted by Crippen LogP contribution is 2.61. The van der Waals surface area contributed by atoms with Crippen LogP contribution in [0.5, 0.6) is 0 Å². The standard InChI is InChI=1S/C18H21N3O4S/c1-17(2)18(16(24)25,21-13(22)9-14(21)26-17)11-6-4-3-5-10(11)7-8-12(19)15(20)23/h3-8,12,14H,9,19H2,1-2H3,(H2,20,23)(H,24,25)/b8-7+/t12?,14-,18-/m1/s1. The van der Waals surface area contributed by atoms with Crippen molar-refractivity contribution in [3.05, 3.63) is 41.5 Å². The van der Waals surface area contributed by atoms with Crippen LogP contribution in [0.2, 0.25) is 0 Å². The van der Waals surface area contributed by atoms with Crippen molar-refractivity contribution in [2.45, 2.75) is 42.0 Å². The lowest BCUT2D eigenvalue weighted by Gasteiger charge is -2.47. The Kier molecular flexibility index (Phi) is 4.36. The van der Waals surface area contributed by atoms with E-state index < -0.39 is 28.2 Å². The summed E-state index contributed by atoms with van der Waals surface area (Å²) in [4.78, 5) is 37.5. The van der Waals surface area contributed by atoms with E-state index in [0.717, 1.165) is 0 Å². The molecule has 3 rings (SSSR count). The number of amides is 2. The van der Waals surface area contributed by atoms with Crippen molar-refractivity contribution in [1.29, 1.82) is 0 Å². The summed E-state index contributed by atoms with van der Waals surface area (Å²) < 4.78 is -0.745. The normalized spacial score (nSPS) is 27.9. The Balaban J connectivity index is 2.18. The molecule has 2 heterocycles. The lowest BCUT2D eigenvalue weighted by molar-refractivity contribution is -0.169. The monoisotopic (exact) mass is 375 g/mol. The third-order valence-corrected chi connectivity index (χ3v) is 6.58. The molecule has 26 heavy (non-hydrogen) atoms. The SMILES string of the molecule is CC1(C)S[C@@H]2CC(=O)N2[C@@]1(C(=O)O)c1ccccc1/C=C/C(N)C(N)=O. The van der Waals surface area contributed by atoms with E-state index in [1.165, 1.54) is 22.7 Å². The van der Waals surface area contributed by atoms with Crippen molar-refractivity contribution in [1.82, 2.24) is 4.90 Å². The molecule has 2 aliphatic heterocycles. The number of benzene rings is 1. The summed E-state index contributed by atoms with van der Waals surface area (Å²) >= 11 is 1.49. The van der Waals surface area contributed by atoms with Crippen molar-refractivity contribution in [3.63, 3.8) is 0 Å². The molecule has 138 valence electrons. The van der Waals surface area contributed by atoms with E-state index >= 15 is 0 Å². The quantitative estimate of drug-likeness (QED) is 0.656. The first-order chi connectivity index (χ1) is 12.1. The van der Waals surface area contributed by atoms with E-state index in [4.69, 9.17) is 11.5 Å². The molecule has 1 aromatic carbocycles. The van der Waals surface area contributed by atoms with Crippen molar-refractivity contribution in [2.75, 3.05) is 0 Å². The number of fused-ring (bicyclic) bond motifs is 1. The number of rotatable bonds is 5. The lowest BCUT2D eigenvalue weighted by atomic mass is 9.74.